The molecular weight excluding hydrogens is 220 g/mol. The van der Waals surface area contributed by atoms with Gasteiger partial charge in [0.05, 0.1) is 13.2 Å². The molecule has 2 rings (SSSR count). The Kier molecular flexibility index (Phi) is 3.69. The Morgan fingerprint density at radius 2 is 2.29 bits per heavy atom. The topological polar surface area (TPSA) is 86.2 Å². The number of aromatic nitrogens is 2. The van der Waals surface area contributed by atoms with E-state index in [1.165, 1.54) is 0 Å². The number of rotatable bonds is 5. The minimum absolute atomic E-state index is 0.235. The zero-order valence-electron chi connectivity index (χ0n) is 9.51. The van der Waals surface area contributed by atoms with Gasteiger partial charge in [0.25, 0.3) is 0 Å². The summed E-state index contributed by atoms with van der Waals surface area (Å²) in [5.74, 6) is 0.403. The highest BCUT2D eigenvalue weighted by molar-refractivity contribution is 5.52. The maximum atomic E-state index is 5.38. The van der Waals surface area contributed by atoms with Crippen molar-refractivity contribution in [3.63, 3.8) is 0 Å². The van der Waals surface area contributed by atoms with Crippen molar-refractivity contribution >= 4 is 11.7 Å². The second-order valence-corrected chi connectivity index (χ2v) is 3.46. The Labute approximate surface area is 98.8 Å². The summed E-state index contributed by atoms with van der Waals surface area (Å²) in [7, 11) is 1.66. The lowest BCUT2D eigenvalue weighted by molar-refractivity contribution is 0.185. The average Bonchev–Trinajstić information content (AvgIpc) is 2.78. The molecule has 0 saturated heterocycles. The fourth-order valence-corrected chi connectivity index (χ4v) is 1.42. The molecule has 2 aromatic rings. The van der Waals surface area contributed by atoms with Crippen molar-refractivity contribution < 1.29 is 9.15 Å². The van der Waals surface area contributed by atoms with Crippen LogP contribution in [0, 0.1) is 0 Å². The van der Waals surface area contributed by atoms with Crippen LogP contribution >= 0.6 is 0 Å². The largest absolute Gasteiger partial charge is 0.406 e. The summed E-state index contributed by atoms with van der Waals surface area (Å²) < 4.78 is 10.3. The van der Waals surface area contributed by atoms with Crippen molar-refractivity contribution in [2.24, 2.45) is 5.73 Å². The molecule has 0 amide bonds. The zero-order chi connectivity index (χ0) is 12.1. The minimum Gasteiger partial charge on any atom is -0.406 e. The summed E-state index contributed by atoms with van der Waals surface area (Å²) in [4.78, 5) is 0. The molecule has 3 N–H and O–H groups in total. The van der Waals surface area contributed by atoms with Crippen LogP contribution in [0.4, 0.5) is 11.7 Å². The number of nitrogens with two attached hydrogens (primary N) is 1. The zero-order valence-corrected chi connectivity index (χ0v) is 9.51. The van der Waals surface area contributed by atoms with Gasteiger partial charge >= 0.3 is 6.01 Å². The van der Waals surface area contributed by atoms with Gasteiger partial charge < -0.3 is 20.2 Å². The van der Waals surface area contributed by atoms with E-state index in [1.807, 2.05) is 24.3 Å². The third-order valence-electron chi connectivity index (χ3n) is 2.13. The Morgan fingerprint density at radius 1 is 1.41 bits per heavy atom. The van der Waals surface area contributed by atoms with E-state index in [0.29, 0.717) is 18.5 Å². The first-order valence-electron chi connectivity index (χ1n) is 5.19. The Balaban J connectivity index is 2.09. The van der Waals surface area contributed by atoms with Crippen LogP contribution in [0.3, 0.4) is 0 Å². The van der Waals surface area contributed by atoms with E-state index >= 15 is 0 Å². The molecular formula is C11H14N4O2. The Morgan fingerprint density at radius 3 is 3.00 bits per heavy atom. The second-order valence-electron chi connectivity index (χ2n) is 3.46. The Bertz CT molecular complexity index is 484. The smallest absolute Gasteiger partial charge is 0.320 e. The number of ether oxygens (including phenoxy) is 1. The second kappa shape index (κ2) is 5.42. The van der Waals surface area contributed by atoms with Crippen LogP contribution in [-0.4, -0.2) is 17.3 Å². The molecule has 0 fully saturated rings. The third kappa shape index (κ3) is 3.02. The standard InChI is InChI=1S/C11H14N4O2/c1-16-7-8-3-2-4-9(5-8)13-11-15-14-10(6-12)17-11/h2-5H,6-7,12H2,1H3,(H,13,15). The van der Waals surface area contributed by atoms with E-state index in [1.54, 1.807) is 7.11 Å². The minimum atomic E-state index is 0.235. The molecule has 6 heteroatoms. The molecule has 0 spiro atoms. The summed E-state index contributed by atoms with van der Waals surface area (Å²) >= 11 is 0. The number of benzene rings is 1. The van der Waals surface area contributed by atoms with Gasteiger partial charge in [-0.2, -0.15) is 0 Å². The van der Waals surface area contributed by atoms with E-state index in [9.17, 15) is 0 Å². The number of hydrogen-bond acceptors (Lipinski definition) is 6. The normalized spacial score (nSPS) is 10.5. The van der Waals surface area contributed by atoms with Crippen molar-refractivity contribution in [3.05, 3.63) is 35.7 Å². The molecule has 0 unspecified atom stereocenters. The van der Waals surface area contributed by atoms with Crippen molar-refractivity contribution in [2.75, 3.05) is 12.4 Å². The summed E-state index contributed by atoms with van der Waals surface area (Å²) in [6, 6.07) is 8.10. The molecule has 0 aliphatic carbocycles. The lowest BCUT2D eigenvalue weighted by Gasteiger charge is -2.04. The first-order chi connectivity index (χ1) is 8.31. The molecule has 1 aromatic heterocycles. The fourth-order valence-electron chi connectivity index (χ4n) is 1.42. The van der Waals surface area contributed by atoms with Gasteiger partial charge in [-0.15, -0.1) is 5.10 Å². The number of anilines is 2. The van der Waals surface area contributed by atoms with Crippen LogP contribution in [0.5, 0.6) is 0 Å². The van der Waals surface area contributed by atoms with Crippen molar-refractivity contribution in [1.29, 1.82) is 0 Å². The number of hydrogen-bond donors (Lipinski definition) is 2. The van der Waals surface area contributed by atoms with E-state index in [0.717, 1.165) is 11.3 Å². The predicted molar refractivity (Wildman–Crippen MR) is 62.6 cm³/mol. The molecule has 6 nitrogen and oxygen atoms in total. The lowest BCUT2D eigenvalue weighted by Crippen LogP contribution is -1.95. The van der Waals surface area contributed by atoms with Gasteiger partial charge in [0.15, 0.2) is 0 Å². The number of methoxy groups -OCH3 is 1. The van der Waals surface area contributed by atoms with Crippen LogP contribution in [0.1, 0.15) is 11.5 Å². The first kappa shape index (κ1) is 11.6. The fraction of sp³-hybridized carbons (Fsp3) is 0.273. The summed E-state index contributed by atoms with van der Waals surface area (Å²) in [6.07, 6.45) is 0. The van der Waals surface area contributed by atoms with Gasteiger partial charge in [-0.05, 0) is 17.7 Å². The molecule has 0 radical (unpaired) electrons. The summed E-state index contributed by atoms with van der Waals surface area (Å²) in [5, 5.41) is 10.6. The van der Waals surface area contributed by atoms with Gasteiger partial charge in [0.1, 0.15) is 0 Å². The highest BCUT2D eigenvalue weighted by Crippen LogP contribution is 2.16. The molecule has 90 valence electrons. The maximum Gasteiger partial charge on any atom is 0.320 e. The van der Waals surface area contributed by atoms with Crippen molar-refractivity contribution in [1.82, 2.24) is 10.2 Å². The van der Waals surface area contributed by atoms with E-state index in [4.69, 9.17) is 14.9 Å². The first-order valence-corrected chi connectivity index (χ1v) is 5.19. The molecule has 17 heavy (non-hydrogen) atoms. The van der Waals surface area contributed by atoms with Crippen LogP contribution in [0.15, 0.2) is 28.7 Å². The summed E-state index contributed by atoms with van der Waals surface area (Å²) in [5.41, 5.74) is 7.31. The van der Waals surface area contributed by atoms with E-state index < -0.39 is 0 Å². The third-order valence-corrected chi connectivity index (χ3v) is 2.13. The highest BCUT2D eigenvalue weighted by atomic mass is 16.5. The van der Waals surface area contributed by atoms with Crippen LogP contribution in [-0.2, 0) is 17.9 Å². The molecule has 0 atom stereocenters. The highest BCUT2D eigenvalue weighted by Gasteiger charge is 2.04. The van der Waals surface area contributed by atoms with Crippen molar-refractivity contribution in [3.8, 4) is 0 Å². The van der Waals surface area contributed by atoms with E-state index in [-0.39, 0.29) is 6.54 Å². The molecule has 0 saturated carbocycles. The van der Waals surface area contributed by atoms with Gasteiger partial charge in [0, 0.05) is 12.8 Å². The van der Waals surface area contributed by atoms with Gasteiger partial charge in [-0.1, -0.05) is 17.2 Å². The number of nitrogens with zero attached hydrogens (tertiary/aromatic N) is 2. The molecule has 1 aromatic carbocycles. The van der Waals surface area contributed by atoms with Gasteiger partial charge in [0.2, 0.25) is 5.89 Å². The van der Waals surface area contributed by atoms with Crippen LogP contribution < -0.4 is 11.1 Å². The average molecular weight is 234 g/mol. The van der Waals surface area contributed by atoms with Crippen molar-refractivity contribution in [2.45, 2.75) is 13.2 Å². The summed E-state index contributed by atoms with van der Waals surface area (Å²) in [6.45, 7) is 0.797. The van der Waals surface area contributed by atoms with Gasteiger partial charge in [-0.3, -0.25) is 0 Å². The van der Waals surface area contributed by atoms with Crippen LogP contribution in [0.2, 0.25) is 0 Å². The molecule has 1 heterocycles. The Hall–Kier alpha value is -1.92. The molecule has 0 aliphatic rings. The van der Waals surface area contributed by atoms with E-state index in [2.05, 4.69) is 15.5 Å². The predicted octanol–water partition coefficient (Wildman–Crippen LogP) is 1.42. The molecule has 0 bridgehead atoms. The lowest BCUT2D eigenvalue weighted by atomic mass is 10.2. The number of nitrogens with one attached hydrogen (secondary N) is 1. The monoisotopic (exact) mass is 234 g/mol. The maximum absolute atomic E-state index is 5.38. The SMILES string of the molecule is COCc1cccc(Nc2nnc(CN)o2)c1. The molecule has 0 aliphatic heterocycles. The quantitative estimate of drug-likeness (QED) is 0.813. The van der Waals surface area contributed by atoms with Crippen LogP contribution in [0.25, 0.3) is 0 Å². The van der Waals surface area contributed by atoms with Gasteiger partial charge in [-0.25, -0.2) is 0 Å².